The van der Waals surface area contributed by atoms with Crippen LogP contribution in [0.2, 0.25) is 0 Å². The SMILES string of the molecule is CCCCOC(C)[O-].[K+]. The van der Waals surface area contributed by atoms with E-state index in [2.05, 4.69) is 6.92 Å². The van der Waals surface area contributed by atoms with Crippen molar-refractivity contribution in [3.05, 3.63) is 0 Å². The van der Waals surface area contributed by atoms with Crippen LogP contribution in [-0.2, 0) is 4.74 Å². The number of unbranched alkanes of at least 4 members (excludes halogenated alkanes) is 1. The van der Waals surface area contributed by atoms with E-state index in [0.717, 1.165) is 12.8 Å². The Kier molecular flexibility index (Phi) is 14.0. The number of hydrogen-bond donors (Lipinski definition) is 0. The standard InChI is InChI=1S/C6H13O2.K/c1-3-4-5-8-6(2)7;/h6H,3-5H2,1-2H3;/q-1;+1. The third-order valence-corrected chi connectivity index (χ3v) is 0.850. The Hall–Kier alpha value is 1.56. The van der Waals surface area contributed by atoms with Crippen molar-refractivity contribution >= 4 is 0 Å². The largest absolute Gasteiger partial charge is 1.00 e. The summed E-state index contributed by atoms with van der Waals surface area (Å²) in [5.41, 5.74) is 0. The van der Waals surface area contributed by atoms with Gasteiger partial charge in [-0.2, -0.15) is 0 Å². The molecular weight excluding hydrogens is 143 g/mol. The van der Waals surface area contributed by atoms with Gasteiger partial charge in [-0.3, -0.25) is 0 Å². The van der Waals surface area contributed by atoms with Crippen molar-refractivity contribution in [2.24, 2.45) is 0 Å². The fraction of sp³-hybridized carbons (Fsp3) is 1.00. The minimum absolute atomic E-state index is 0. The van der Waals surface area contributed by atoms with Crippen LogP contribution in [-0.4, -0.2) is 12.9 Å². The van der Waals surface area contributed by atoms with Crippen LogP contribution < -0.4 is 56.5 Å². The molecule has 3 heteroatoms. The van der Waals surface area contributed by atoms with E-state index in [4.69, 9.17) is 4.74 Å². The van der Waals surface area contributed by atoms with Gasteiger partial charge in [-0.25, -0.2) is 0 Å². The maximum atomic E-state index is 10.2. The van der Waals surface area contributed by atoms with Gasteiger partial charge in [0, 0.05) is 6.61 Å². The maximum Gasteiger partial charge on any atom is 1.00 e. The van der Waals surface area contributed by atoms with Gasteiger partial charge in [0.1, 0.15) is 0 Å². The van der Waals surface area contributed by atoms with E-state index in [-0.39, 0.29) is 51.4 Å². The van der Waals surface area contributed by atoms with Crippen LogP contribution in [0, 0.1) is 0 Å². The number of rotatable bonds is 4. The first-order chi connectivity index (χ1) is 3.77. The van der Waals surface area contributed by atoms with Crippen LogP contribution in [0.1, 0.15) is 26.7 Å². The van der Waals surface area contributed by atoms with Gasteiger partial charge in [0.15, 0.2) is 0 Å². The van der Waals surface area contributed by atoms with Crippen LogP contribution in [0.25, 0.3) is 0 Å². The van der Waals surface area contributed by atoms with Gasteiger partial charge in [-0.05, 0) is 12.7 Å². The second-order valence-electron chi connectivity index (χ2n) is 1.79. The first-order valence-electron chi connectivity index (χ1n) is 3.04. The summed E-state index contributed by atoms with van der Waals surface area (Å²) in [5, 5.41) is 10.2. The summed E-state index contributed by atoms with van der Waals surface area (Å²) in [6.07, 6.45) is 1.24. The molecule has 1 atom stereocenters. The summed E-state index contributed by atoms with van der Waals surface area (Å²) in [5.74, 6) is 0. The van der Waals surface area contributed by atoms with Crippen molar-refractivity contribution in [3.63, 3.8) is 0 Å². The molecule has 0 aliphatic carbocycles. The van der Waals surface area contributed by atoms with E-state index >= 15 is 0 Å². The Bertz CT molecular complexity index is 48.3. The molecule has 0 aromatic heterocycles. The first-order valence-corrected chi connectivity index (χ1v) is 3.04. The second kappa shape index (κ2) is 9.56. The van der Waals surface area contributed by atoms with Crippen molar-refractivity contribution in [3.8, 4) is 0 Å². The van der Waals surface area contributed by atoms with E-state index in [1.54, 1.807) is 0 Å². The van der Waals surface area contributed by atoms with E-state index < -0.39 is 6.29 Å². The molecule has 0 saturated heterocycles. The third-order valence-electron chi connectivity index (χ3n) is 0.850. The van der Waals surface area contributed by atoms with Gasteiger partial charge < -0.3 is 9.84 Å². The van der Waals surface area contributed by atoms with Crippen molar-refractivity contribution in [1.29, 1.82) is 0 Å². The zero-order valence-corrected chi connectivity index (χ0v) is 9.64. The molecule has 0 rings (SSSR count). The molecular formula is C6H13KO2. The maximum absolute atomic E-state index is 10.2. The van der Waals surface area contributed by atoms with Crippen molar-refractivity contribution < 1.29 is 61.2 Å². The summed E-state index contributed by atoms with van der Waals surface area (Å²) >= 11 is 0. The molecule has 2 nitrogen and oxygen atoms in total. The van der Waals surface area contributed by atoms with Gasteiger partial charge in [-0.15, -0.1) is 0 Å². The topological polar surface area (TPSA) is 32.3 Å². The predicted octanol–water partition coefficient (Wildman–Crippen LogP) is -2.49. The van der Waals surface area contributed by atoms with Gasteiger partial charge in [0.2, 0.25) is 0 Å². The van der Waals surface area contributed by atoms with Gasteiger partial charge in [-0.1, -0.05) is 20.3 Å². The van der Waals surface area contributed by atoms with Crippen LogP contribution in [0.3, 0.4) is 0 Å². The summed E-state index contributed by atoms with van der Waals surface area (Å²) in [7, 11) is 0. The Morgan fingerprint density at radius 3 is 2.44 bits per heavy atom. The molecule has 0 N–H and O–H groups in total. The summed E-state index contributed by atoms with van der Waals surface area (Å²) in [6, 6.07) is 0. The quantitative estimate of drug-likeness (QED) is 0.256. The summed E-state index contributed by atoms with van der Waals surface area (Å²) in [6.45, 7) is 4.19. The molecule has 0 bridgehead atoms. The Morgan fingerprint density at radius 1 is 1.56 bits per heavy atom. The van der Waals surface area contributed by atoms with E-state index in [0.29, 0.717) is 6.61 Å². The molecule has 0 radical (unpaired) electrons. The molecule has 0 saturated carbocycles. The fourth-order valence-electron chi connectivity index (χ4n) is 0.394. The molecule has 0 aromatic carbocycles. The fourth-order valence-corrected chi connectivity index (χ4v) is 0.394. The van der Waals surface area contributed by atoms with E-state index in [1.165, 1.54) is 6.92 Å². The zero-order chi connectivity index (χ0) is 6.41. The van der Waals surface area contributed by atoms with Crippen LogP contribution in [0.4, 0.5) is 0 Å². The number of hydrogen-bond acceptors (Lipinski definition) is 2. The van der Waals surface area contributed by atoms with Crippen molar-refractivity contribution in [1.82, 2.24) is 0 Å². The van der Waals surface area contributed by atoms with Gasteiger partial charge >= 0.3 is 51.4 Å². The summed E-state index contributed by atoms with van der Waals surface area (Å²) < 4.78 is 4.73. The molecule has 0 heterocycles. The minimum atomic E-state index is -0.846. The van der Waals surface area contributed by atoms with Crippen LogP contribution in [0.15, 0.2) is 0 Å². The molecule has 0 aliphatic heterocycles. The van der Waals surface area contributed by atoms with Gasteiger partial charge in [0.25, 0.3) is 0 Å². The third kappa shape index (κ3) is 12.7. The second-order valence-corrected chi connectivity index (χ2v) is 1.79. The Balaban J connectivity index is 0. The Morgan fingerprint density at radius 2 is 2.11 bits per heavy atom. The Labute approximate surface area is 99.4 Å². The number of ether oxygens (including phenoxy) is 1. The molecule has 0 aliphatic rings. The minimum Gasteiger partial charge on any atom is -0.831 e. The molecule has 0 aromatic rings. The van der Waals surface area contributed by atoms with Crippen LogP contribution in [0.5, 0.6) is 0 Å². The van der Waals surface area contributed by atoms with Crippen molar-refractivity contribution in [2.75, 3.05) is 6.61 Å². The molecule has 50 valence electrons. The van der Waals surface area contributed by atoms with Crippen molar-refractivity contribution in [2.45, 2.75) is 33.0 Å². The van der Waals surface area contributed by atoms with Crippen LogP contribution >= 0.6 is 0 Å². The molecule has 1 unspecified atom stereocenters. The van der Waals surface area contributed by atoms with E-state index in [1.807, 2.05) is 0 Å². The predicted molar refractivity (Wildman–Crippen MR) is 30.3 cm³/mol. The normalized spacial score (nSPS) is 12.3. The van der Waals surface area contributed by atoms with E-state index in [9.17, 15) is 5.11 Å². The monoisotopic (exact) mass is 156 g/mol. The average Bonchev–Trinajstić information content (AvgIpc) is 1.66. The molecule has 0 amide bonds. The molecule has 9 heavy (non-hydrogen) atoms. The molecule has 0 fully saturated rings. The first kappa shape index (κ1) is 13.2. The average molecular weight is 156 g/mol. The summed E-state index contributed by atoms with van der Waals surface area (Å²) in [4.78, 5) is 0. The van der Waals surface area contributed by atoms with Gasteiger partial charge in [0.05, 0.1) is 0 Å². The molecule has 0 spiro atoms. The smallest absolute Gasteiger partial charge is 0.831 e. The zero-order valence-electron chi connectivity index (χ0n) is 6.52.